The lowest BCUT2D eigenvalue weighted by Gasteiger charge is -2.07. The molecule has 0 radical (unpaired) electrons. The molecular weight excluding hydrogens is 330 g/mol. The molecule has 24 heavy (non-hydrogen) atoms. The van der Waals surface area contributed by atoms with Gasteiger partial charge in [0, 0.05) is 11.6 Å². The summed E-state index contributed by atoms with van der Waals surface area (Å²) in [7, 11) is -3.83. The maximum absolute atomic E-state index is 12.7. The Morgan fingerprint density at radius 3 is 2.62 bits per heavy atom. The number of fused-ring (bicyclic) bond motifs is 1. The van der Waals surface area contributed by atoms with Gasteiger partial charge in [0.25, 0.3) is 15.9 Å². The van der Waals surface area contributed by atoms with Gasteiger partial charge in [-0.05, 0) is 37.1 Å². The molecule has 9 heteroatoms. The number of aromatic nitrogens is 4. The molecule has 1 N–H and O–H groups in total. The first-order chi connectivity index (χ1) is 11.6. The van der Waals surface area contributed by atoms with Crippen LogP contribution in [0.2, 0.25) is 0 Å². The maximum atomic E-state index is 12.7. The van der Waals surface area contributed by atoms with Gasteiger partial charge in [0.05, 0.1) is 11.1 Å². The number of carbonyl (C=O) groups excluding carboxylic acids is 1. The van der Waals surface area contributed by atoms with Crippen LogP contribution in [0.3, 0.4) is 0 Å². The molecule has 1 amide bonds. The molecule has 1 aromatic carbocycles. The van der Waals surface area contributed by atoms with Crippen molar-refractivity contribution in [2.75, 3.05) is 0 Å². The molecule has 0 aliphatic heterocycles. The number of benzene rings is 1. The lowest BCUT2D eigenvalue weighted by molar-refractivity contribution is 0.0951. The zero-order valence-corrected chi connectivity index (χ0v) is 13.3. The zero-order chi connectivity index (χ0) is 16.7. The van der Waals surface area contributed by atoms with E-state index in [1.54, 1.807) is 0 Å². The molecule has 1 aliphatic carbocycles. The van der Waals surface area contributed by atoms with Gasteiger partial charge in [0.15, 0.2) is 5.65 Å². The average Bonchev–Trinajstić information content (AvgIpc) is 3.29. The van der Waals surface area contributed by atoms with Crippen molar-refractivity contribution in [3.05, 3.63) is 48.7 Å². The molecule has 0 unspecified atom stereocenters. The Labute approximate surface area is 137 Å². The van der Waals surface area contributed by atoms with E-state index in [1.807, 2.05) is 0 Å². The molecule has 4 rings (SSSR count). The summed E-state index contributed by atoms with van der Waals surface area (Å²) in [5.41, 5.74) is 1.03. The second-order valence-electron chi connectivity index (χ2n) is 5.55. The predicted molar refractivity (Wildman–Crippen MR) is 84.8 cm³/mol. The normalized spacial score (nSPS) is 14.7. The van der Waals surface area contributed by atoms with Crippen LogP contribution in [0.5, 0.6) is 0 Å². The van der Waals surface area contributed by atoms with Crippen molar-refractivity contribution < 1.29 is 13.2 Å². The Morgan fingerprint density at radius 1 is 1.17 bits per heavy atom. The topological polar surface area (TPSA) is 107 Å². The quantitative estimate of drug-likeness (QED) is 0.756. The lowest BCUT2D eigenvalue weighted by Crippen LogP contribution is -2.25. The average molecular weight is 343 g/mol. The van der Waals surface area contributed by atoms with E-state index >= 15 is 0 Å². The fraction of sp³-hybridized carbons (Fsp3) is 0.200. The van der Waals surface area contributed by atoms with E-state index in [2.05, 4.69) is 20.3 Å². The summed E-state index contributed by atoms with van der Waals surface area (Å²) >= 11 is 0. The summed E-state index contributed by atoms with van der Waals surface area (Å²) < 4.78 is 26.5. The van der Waals surface area contributed by atoms with Crippen molar-refractivity contribution >= 4 is 27.1 Å². The summed E-state index contributed by atoms with van der Waals surface area (Å²) in [6, 6.07) is 6.07. The summed E-state index contributed by atoms with van der Waals surface area (Å²) in [5, 5.41) is 2.86. The van der Waals surface area contributed by atoms with Crippen LogP contribution in [0, 0.1) is 0 Å². The Kier molecular flexibility index (Phi) is 3.31. The molecule has 122 valence electrons. The Balaban J connectivity index is 1.68. The second kappa shape index (κ2) is 5.38. The molecule has 8 nitrogen and oxygen atoms in total. The third-order valence-corrected chi connectivity index (χ3v) is 5.46. The first kappa shape index (κ1) is 14.8. The lowest BCUT2D eigenvalue weighted by atomic mass is 10.2. The third kappa shape index (κ3) is 2.52. The van der Waals surface area contributed by atoms with E-state index in [9.17, 15) is 13.2 Å². The van der Waals surface area contributed by atoms with Gasteiger partial charge >= 0.3 is 0 Å². The highest BCUT2D eigenvalue weighted by molar-refractivity contribution is 7.90. The minimum absolute atomic E-state index is 0.0635. The van der Waals surface area contributed by atoms with Crippen molar-refractivity contribution in [1.29, 1.82) is 0 Å². The van der Waals surface area contributed by atoms with E-state index in [0.717, 1.165) is 16.8 Å². The largest absolute Gasteiger partial charge is 0.349 e. The van der Waals surface area contributed by atoms with Crippen molar-refractivity contribution in [2.24, 2.45) is 0 Å². The van der Waals surface area contributed by atoms with Crippen molar-refractivity contribution in [3.8, 4) is 0 Å². The highest BCUT2D eigenvalue weighted by atomic mass is 32.2. The smallest absolute Gasteiger partial charge is 0.269 e. The molecule has 0 spiro atoms. The standard InChI is InChI=1S/C15H13N5O3S/c21-15(19-11-3-4-11)10-1-5-12(6-2-10)24(22,23)20-9-18-14-13(20)7-16-8-17-14/h1-2,5-9,11H,3-4H2,(H,19,21). The molecule has 1 aliphatic rings. The van der Waals surface area contributed by atoms with Crippen LogP contribution < -0.4 is 5.32 Å². The number of amides is 1. The Morgan fingerprint density at radius 2 is 1.92 bits per heavy atom. The predicted octanol–water partition coefficient (Wildman–Crippen LogP) is 0.955. The SMILES string of the molecule is O=C(NC1CC1)c1ccc(S(=O)(=O)n2cnc3ncncc32)cc1. The fourth-order valence-electron chi connectivity index (χ4n) is 2.32. The van der Waals surface area contributed by atoms with Crippen LogP contribution in [0.25, 0.3) is 11.2 Å². The van der Waals surface area contributed by atoms with Crippen molar-refractivity contribution in [2.45, 2.75) is 23.8 Å². The van der Waals surface area contributed by atoms with Gasteiger partial charge in [-0.2, -0.15) is 0 Å². The minimum atomic E-state index is -3.83. The second-order valence-corrected chi connectivity index (χ2v) is 7.36. The first-order valence-corrected chi connectivity index (χ1v) is 8.79. The molecule has 0 bridgehead atoms. The third-order valence-electron chi connectivity index (χ3n) is 3.78. The van der Waals surface area contributed by atoms with E-state index in [0.29, 0.717) is 16.7 Å². The molecule has 1 fully saturated rings. The van der Waals surface area contributed by atoms with Crippen LogP contribution in [-0.2, 0) is 10.0 Å². The van der Waals surface area contributed by atoms with Crippen LogP contribution >= 0.6 is 0 Å². The number of nitrogens with one attached hydrogen (secondary N) is 1. The fourth-order valence-corrected chi connectivity index (χ4v) is 3.59. The van der Waals surface area contributed by atoms with Gasteiger partial charge in [0.1, 0.15) is 18.2 Å². The van der Waals surface area contributed by atoms with Crippen molar-refractivity contribution in [1.82, 2.24) is 24.2 Å². The van der Waals surface area contributed by atoms with Gasteiger partial charge in [-0.3, -0.25) is 4.79 Å². The van der Waals surface area contributed by atoms with Crippen LogP contribution in [0.4, 0.5) is 0 Å². The monoisotopic (exact) mass is 343 g/mol. The van der Waals surface area contributed by atoms with Gasteiger partial charge in [-0.1, -0.05) is 0 Å². The molecule has 0 saturated heterocycles. The van der Waals surface area contributed by atoms with Crippen molar-refractivity contribution in [3.63, 3.8) is 0 Å². The van der Waals surface area contributed by atoms with Gasteiger partial charge in [0.2, 0.25) is 0 Å². The summed E-state index contributed by atoms with van der Waals surface area (Å²) in [6.45, 7) is 0. The van der Waals surface area contributed by atoms with E-state index in [1.165, 1.54) is 43.1 Å². The van der Waals surface area contributed by atoms with Gasteiger partial charge in [-0.15, -0.1) is 0 Å². The van der Waals surface area contributed by atoms with Gasteiger partial charge in [-0.25, -0.2) is 27.3 Å². The summed E-state index contributed by atoms with van der Waals surface area (Å²) in [6.07, 6.45) is 5.88. The Bertz CT molecular complexity index is 1020. The summed E-state index contributed by atoms with van der Waals surface area (Å²) in [4.78, 5) is 23.7. The van der Waals surface area contributed by atoms with E-state index in [4.69, 9.17) is 0 Å². The van der Waals surface area contributed by atoms with Gasteiger partial charge < -0.3 is 5.32 Å². The number of rotatable bonds is 4. The number of carbonyl (C=O) groups is 1. The summed E-state index contributed by atoms with van der Waals surface area (Å²) in [5.74, 6) is -0.192. The molecule has 0 atom stereocenters. The van der Waals surface area contributed by atoms with E-state index in [-0.39, 0.29) is 16.8 Å². The molecule has 1 saturated carbocycles. The van der Waals surface area contributed by atoms with Crippen LogP contribution in [-0.4, -0.2) is 39.3 Å². The molecule has 2 aromatic heterocycles. The molecule has 2 heterocycles. The molecule has 3 aromatic rings. The number of imidazole rings is 1. The molecular formula is C15H13N5O3S. The zero-order valence-electron chi connectivity index (χ0n) is 12.5. The number of nitrogens with zero attached hydrogens (tertiary/aromatic N) is 4. The number of hydrogen-bond donors (Lipinski definition) is 1. The van der Waals surface area contributed by atoms with Crippen LogP contribution in [0.1, 0.15) is 23.2 Å². The number of hydrogen-bond acceptors (Lipinski definition) is 6. The highest BCUT2D eigenvalue weighted by Gasteiger charge is 2.24. The first-order valence-electron chi connectivity index (χ1n) is 7.35. The highest BCUT2D eigenvalue weighted by Crippen LogP contribution is 2.21. The minimum Gasteiger partial charge on any atom is -0.349 e. The van der Waals surface area contributed by atoms with E-state index < -0.39 is 10.0 Å². The Hall–Kier alpha value is -2.81. The van der Waals surface area contributed by atoms with Crippen LogP contribution in [0.15, 0.2) is 48.0 Å². The maximum Gasteiger partial charge on any atom is 0.269 e.